The van der Waals surface area contributed by atoms with E-state index in [2.05, 4.69) is 12.1 Å². The molecule has 0 atom stereocenters. The van der Waals surface area contributed by atoms with Gasteiger partial charge in [0.1, 0.15) is 0 Å². The van der Waals surface area contributed by atoms with Crippen molar-refractivity contribution in [3.05, 3.63) is 44.4 Å². The maximum Gasteiger partial charge on any atom is 0.191 e. The molecule has 3 rings (SSSR count). The van der Waals surface area contributed by atoms with E-state index >= 15 is 0 Å². The minimum absolute atomic E-state index is 0.278. The van der Waals surface area contributed by atoms with Gasteiger partial charge in [-0.25, -0.2) is 0 Å². The van der Waals surface area contributed by atoms with E-state index in [-0.39, 0.29) is 5.43 Å². The van der Waals surface area contributed by atoms with Gasteiger partial charge in [-0.3, -0.25) is 4.79 Å². The second-order valence-corrected chi connectivity index (χ2v) is 5.32. The lowest BCUT2D eigenvalue weighted by Crippen LogP contribution is -2.07. The Balaban J connectivity index is 2.47. The van der Waals surface area contributed by atoms with E-state index in [4.69, 9.17) is 0 Å². The molecule has 0 amide bonds. The summed E-state index contributed by atoms with van der Waals surface area (Å²) in [6, 6.07) is 6.18. The molecule has 1 aliphatic carbocycles. The summed E-state index contributed by atoms with van der Waals surface area (Å²) in [6.07, 6.45) is 3.23. The van der Waals surface area contributed by atoms with Crippen LogP contribution in [0.3, 0.4) is 0 Å². The Morgan fingerprint density at radius 2 is 2.13 bits per heavy atom. The quantitative estimate of drug-likeness (QED) is 0.661. The summed E-state index contributed by atoms with van der Waals surface area (Å²) in [5.41, 5.74) is 2.53. The van der Waals surface area contributed by atoms with E-state index in [1.807, 2.05) is 13.0 Å². The molecule has 0 saturated heterocycles. The zero-order valence-corrected chi connectivity index (χ0v) is 9.49. The molecule has 1 nitrogen and oxygen atoms in total. The number of fused-ring (bicyclic) bond motifs is 2. The maximum atomic E-state index is 12.2. The van der Waals surface area contributed by atoms with Crippen LogP contribution < -0.4 is 5.43 Å². The summed E-state index contributed by atoms with van der Waals surface area (Å²) in [4.78, 5) is 13.5. The van der Waals surface area contributed by atoms with E-state index in [0.29, 0.717) is 0 Å². The van der Waals surface area contributed by atoms with Gasteiger partial charge in [0.05, 0.1) is 0 Å². The fourth-order valence-corrected chi connectivity index (χ4v) is 3.50. The molecular weight excluding hydrogens is 204 g/mol. The lowest BCUT2D eigenvalue weighted by atomic mass is 10.1. The molecule has 15 heavy (non-hydrogen) atoms. The molecule has 2 heteroatoms. The predicted octanol–water partition coefficient (Wildman–Crippen LogP) is 3.06. The van der Waals surface area contributed by atoms with Crippen LogP contribution in [0.4, 0.5) is 0 Å². The van der Waals surface area contributed by atoms with E-state index in [1.165, 1.54) is 10.4 Å². The Bertz CT molecular complexity index is 595. The number of hydrogen-bond donors (Lipinski definition) is 0. The van der Waals surface area contributed by atoms with E-state index in [0.717, 1.165) is 34.9 Å². The van der Waals surface area contributed by atoms with Gasteiger partial charge in [0, 0.05) is 20.5 Å². The first-order valence-electron chi connectivity index (χ1n) is 5.31. The Kier molecular flexibility index (Phi) is 1.93. The Hall–Kier alpha value is -1.15. The molecular formula is C13H12OS. The molecule has 0 aliphatic heterocycles. The van der Waals surface area contributed by atoms with Crippen LogP contribution in [0.15, 0.2) is 23.0 Å². The molecule has 1 aromatic heterocycles. The van der Waals surface area contributed by atoms with Crippen molar-refractivity contribution in [1.82, 2.24) is 0 Å². The Morgan fingerprint density at radius 1 is 1.27 bits per heavy atom. The third kappa shape index (κ3) is 1.32. The van der Waals surface area contributed by atoms with Crippen molar-refractivity contribution < 1.29 is 0 Å². The molecule has 0 spiro atoms. The second-order valence-electron chi connectivity index (χ2n) is 4.19. The van der Waals surface area contributed by atoms with Gasteiger partial charge in [0.15, 0.2) is 5.43 Å². The van der Waals surface area contributed by atoms with Crippen LogP contribution in [0.5, 0.6) is 0 Å². The summed E-state index contributed by atoms with van der Waals surface area (Å²) < 4.78 is 1.14. The second kappa shape index (κ2) is 3.17. The minimum Gasteiger partial charge on any atom is -0.289 e. The van der Waals surface area contributed by atoms with Crippen LogP contribution in [-0.2, 0) is 12.8 Å². The molecule has 0 N–H and O–H groups in total. The molecule has 0 bridgehead atoms. The standard InChI is InChI=1S/C13H12OS/c1-8-5-6-12-10(7-8)13(14)9-3-2-4-11(9)15-12/h5-7H,2-4H2,1H3. The first-order chi connectivity index (χ1) is 7.25. The Morgan fingerprint density at radius 3 is 3.00 bits per heavy atom. The zero-order chi connectivity index (χ0) is 10.4. The maximum absolute atomic E-state index is 12.2. The number of rotatable bonds is 0. The van der Waals surface area contributed by atoms with Crippen molar-refractivity contribution >= 4 is 21.4 Å². The minimum atomic E-state index is 0.278. The van der Waals surface area contributed by atoms with Crippen LogP contribution in [0.2, 0.25) is 0 Å². The van der Waals surface area contributed by atoms with Crippen LogP contribution in [-0.4, -0.2) is 0 Å². The van der Waals surface area contributed by atoms with Gasteiger partial charge in [-0.15, -0.1) is 11.3 Å². The van der Waals surface area contributed by atoms with Crippen molar-refractivity contribution in [3.63, 3.8) is 0 Å². The van der Waals surface area contributed by atoms with Gasteiger partial charge < -0.3 is 0 Å². The number of hydrogen-bond acceptors (Lipinski definition) is 2. The van der Waals surface area contributed by atoms with Crippen LogP contribution in [0.25, 0.3) is 10.1 Å². The molecule has 0 radical (unpaired) electrons. The van der Waals surface area contributed by atoms with Crippen molar-refractivity contribution in [3.8, 4) is 0 Å². The van der Waals surface area contributed by atoms with Crippen molar-refractivity contribution in [1.29, 1.82) is 0 Å². The normalized spacial score (nSPS) is 14.5. The van der Waals surface area contributed by atoms with Crippen molar-refractivity contribution in [2.45, 2.75) is 26.2 Å². The highest BCUT2D eigenvalue weighted by Gasteiger charge is 2.17. The highest BCUT2D eigenvalue weighted by Crippen LogP contribution is 2.28. The average Bonchev–Trinajstić information content (AvgIpc) is 2.68. The zero-order valence-electron chi connectivity index (χ0n) is 8.67. The molecule has 2 aromatic rings. The molecule has 1 aromatic carbocycles. The van der Waals surface area contributed by atoms with Gasteiger partial charge in [-0.2, -0.15) is 0 Å². The van der Waals surface area contributed by atoms with Crippen LogP contribution in [0.1, 0.15) is 22.4 Å². The topological polar surface area (TPSA) is 17.1 Å². The van der Waals surface area contributed by atoms with Crippen molar-refractivity contribution in [2.75, 3.05) is 0 Å². The average molecular weight is 216 g/mol. The van der Waals surface area contributed by atoms with Crippen LogP contribution in [0, 0.1) is 6.92 Å². The lowest BCUT2D eigenvalue weighted by Gasteiger charge is -2.02. The van der Waals surface area contributed by atoms with E-state index in [1.54, 1.807) is 11.3 Å². The third-order valence-electron chi connectivity index (χ3n) is 3.05. The first kappa shape index (κ1) is 9.10. The fraction of sp³-hybridized carbons (Fsp3) is 0.308. The summed E-state index contributed by atoms with van der Waals surface area (Å²) in [5, 5.41) is 0.917. The SMILES string of the molecule is Cc1ccc2sc3c(c(=O)c2c1)CCC3. The third-order valence-corrected chi connectivity index (χ3v) is 4.33. The largest absolute Gasteiger partial charge is 0.289 e. The summed E-state index contributed by atoms with van der Waals surface area (Å²) in [7, 11) is 0. The molecule has 1 aliphatic rings. The number of benzene rings is 1. The molecule has 0 unspecified atom stereocenters. The van der Waals surface area contributed by atoms with Crippen LogP contribution >= 0.6 is 11.3 Å². The van der Waals surface area contributed by atoms with Gasteiger partial charge in [0.25, 0.3) is 0 Å². The van der Waals surface area contributed by atoms with E-state index < -0.39 is 0 Å². The van der Waals surface area contributed by atoms with Crippen molar-refractivity contribution in [2.24, 2.45) is 0 Å². The highest BCUT2D eigenvalue weighted by molar-refractivity contribution is 7.18. The van der Waals surface area contributed by atoms with Gasteiger partial charge in [0.2, 0.25) is 0 Å². The fourth-order valence-electron chi connectivity index (χ4n) is 2.27. The lowest BCUT2D eigenvalue weighted by molar-refractivity contribution is 0.913. The summed E-state index contributed by atoms with van der Waals surface area (Å²) >= 11 is 1.80. The number of aryl methyl sites for hydroxylation is 2. The Labute approximate surface area is 92.4 Å². The van der Waals surface area contributed by atoms with E-state index in [9.17, 15) is 4.79 Å². The highest BCUT2D eigenvalue weighted by atomic mass is 32.1. The summed E-state index contributed by atoms with van der Waals surface area (Å²) in [5.74, 6) is 0. The van der Waals surface area contributed by atoms with Gasteiger partial charge >= 0.3 is 0 Å². The molecule has 1 heterocycles. The monoisotopic (exact) mass is 216 g/mol. The molecule has 76 valence electrons. The summed E-state index contributed by atoms with van der Waals surface area (Å²) in [6.45, 7) is 2.04. The molecule has 0 saturated carbocycles. The smallest absolute Gasteiger partial charge is 0.191 e. The first-order valence-corrected chi connectivity index (χ1v) is 6.12. The molecule has 0 fully saturated rings. The van der Waals surface area contributed by atoms with Gasteiger partial charge in [-0.1, -0.05) is 11.6 Å². The predicted molar refractivity (Wildman–Crippen MR) is 64.9 cm³/mol. The van der Waals surface area contributed by atoms with Gasteiger partial charge in [-0.05, 0) is 38.3 Å².